The van der Waals surface area contributed by atoms with Gasteiger partial charge in [-0.1, -0.05) is 12.1 Å². The predicted octanol–water partition coefficient (Wildman–Crippen LogP) is 2.22. The summed E-state index contributed by atoms with van der Waals surface area (Å²) in [4.78, 5) is 0. The van der Waals surface area contributed by atoms with E-state index in [1.807, 2.05) is 0 Å². The van der Waals surface area contributed by atoms with Gasteiger partial charge in [0.2, 0.25) is 10.0 Å². The van der Waals surface area contributed by atoms with E-state index in [4.69, 9.17) is 11.6 Å². The van der Waals surface area contributed by atoms with Gasteiger partial charge in [-0.2, -0.15) is 0 Å². The maximum atomic E-state index is 13.5. The number of alkyl halides is 1. The second kappa shape index (κ2) is 5.50. The molecule has 0 fully saturated rings. The number of benzene rings is 1. The Morgan fingerprint density at radius 2 is 2.00 bits per heavy atom. The summed E-state index contributed by atoms with van der Waals surface area (Å²) in [6.07, 6.45) is 0. The molecule has 1 aromatic carbocycles. The van der Waals surface area contributed by atoms with Gasteiger partial charge in [0.15, 0.2) is 0 Å². The highest BCUT2D eigenvalue weighted by Gasteiger charge is 2.22. The Morgan fingerprint density at radius 1 is 1.38 bits per heavy atom. The summed E-state index contributed by atoms with van der Waals surface area (Å²) in [7, 11) is -3.54. The summed E-state index contributed by atoms with van der Waals surface area (Å²) in [5.41, 5.74) is 0.0649. The standard InChI is InChI=1S/C10H13ClFNO2S/c1-2-13(16(14,15)8-7-11)10-6-4-3-5-9(10)12/h3-6H,2,7-8H2,1H3. The van der Waals surface area contributed by atoms with Crippen LogP contribution in [0.5, 0.6) is 0 Å². The molecule has 0 aliphatic heterocycles. The SMILES string of the molecule is CCN(c1ccccc1F)S(=O)(=O)CCCl. The Balaban J connectivity index is 3.14. The maximum Gasteiger partial charge on any atom is 0.236 e. The molecule has 0 aromatic heterocycles. The van der Waals surface area contributed by atoms with Gasteiger partial charge < -0.3 is 0 Å². The average molecular weight is 266 g/mol. The first-order chi connectivity index (χ1) is 7.53. The summed E-state index contributed by atoms with van der Waals surface area (Å²) in [5.74, 6) is -0.758. The number of hydrogen-bond donors (Lipinski definition) is 0. The van der Waals surface area contributed by atoms with Crippen LogP contribution in [-0.4, -0.2) is 26.6 Å². The van der Waals surface area contributed by atoms with Gasteiger partial charge in [0, 0.05) is 12.4 Å². The summed E-state index contributed by atoms with van der Waals surface area (Å²) >= 11 is 5.41. The molecule has 0 spiro atoms. The Kier molecular flexibility index (Phi) is 4.56. The van der Waals surface area contributed by atoms with Crippen molar-refractivity contribution in [2.75, 3.05) is 22.5 Å². The fourth-order valence-electron chi connectivity index (χ4n) is 1.38. The summed E-state index contributed by atoms with van der Waals surface area (Å²) in [5, 5.41) is 0. The number of rotatable bonds is 5. The molecule has 0 saturated carbocycles. The molecule has 0 radical (unpaired) electrons. The van der Waals surface area contributed by atoms with Crippen LogP contribution in [0.4, 0.5) is 10.1 Å². The molecular formula is C10H13ClFNO2S. The number of halogens is 2. The first kappa shape index (κ1) is 13.3. The van der Waals surface area contributed by atoms with Crippen molar-refractivity contribution >= 4 is 27.3 Å². The quantitative estimate of drug-likeness (QED) is 0.766. The van der Waals surface area contributed by atoms with Crippen LogP contribution in [0, 0.1) is 5.82 Å². The van der Waals surface area contributed by atoms with Crippen molar-refractivity contribution in [2.45, 2.75) is 6.92 Å². The normalized spacial score (nSPS) is 11.4. The van der Waals surface area contributed by atoms with Crippen molar-refractivity contribution in [3.8, 4) is 0 Å². The smallest absolute Gasteiger partial charge is 0.236 e. The van der Waals surface area contributed by atoms with E-state index in [2.05, 4.69) is 0 Å². The molecule has 16 heavy (non-hydrogen) atoms. The molecule has 1 rings (SSSR count). The molecule has 0 N–H and O–H groups in total. The minimum Gasteiger partial charge on any atom is -0.268 e. The second-order valence-corrected chi connectivity index (χ2v) is 5.51. The van der Waals surface area contributed by atoms with Crippen LogP contribution in [0.15, 0.2) is 24.3 Å². The highest BCUT2D eigenvalue weighted by molar-refractivity contribution is 7.92. The molecule has 0 heterocycles. The molecule has 0 bridgehead atoms. The lowest BCUT2D eigenvalue weighted by Gasteiger charge is -2.22. The number of hydrogen-bond acceptors (Lipinski definition) is 2. The van der Waals surface area contributed by atoms with Crippen LogP contribution in [-0.2, 0) is 10.0 Å². The summed E-state index contributed by atoms with van der Waals surface area (Å²) < 4.78 is 38.1. The van der Waals surface area contributed by atoms with E-state index in [0.29, 0.717) is 0 Å². The minimum atomic E-state index is -3.54. The third-order valence-electron chi connectivity index (χ3n) is 2.08. The van der Waals surface area contributed by atoms with E-state index in [1.54, 1.807) is 13.0 Å². The highest BCUT2D eigenvalue weighted by atomic mass is 35.5. The molecule has 0 amide bonds. The average Bonchev–Trinajstić information content (AvgIpc) is 2.21. The van der Waals surface area contributed by atoms with Gasteiger partial charge in [-0.15, -0.1) is 11.6 Å². The lowest BCUT2D eigenvalue weighted by molar-refractivity contribution is 0.587. The fraction of sp³-hybridized carbons (Fsp3) is 0.400. The third kappa shape index (κ3) is 2.86. The zero-order chi connectivity index (χ0) is 12.2. The minimum absolute atomic E-state index is 0.00666. The van der Waals surface area contributed by atoms with Crippen molar-refractivity contribution in [3.05, 3.63) is 30.1 Å². The number of nitrogens with zero attached hydrogens (tertiary/aromatic N) is 1. The number of sulfonamides is 1. The summed E-state index contributed by atoms with van der Waals surface area (Å²) in [6.45, 7) is 1.83. The van der Waals surface area contributed by atoms with E-state index in [9.17, 15) is 12.8 Å². The first-order valence-corrected chi connectivity index (χ1v) is 6.98. The van der Waals surface area contributed by atoms with Gasteiger partial charge in [-0.25, -0.2) is 12.8 Å². The van der Waals surface area contributed by atoms with E-state index < -0.39 is 15.8 Å². The van der Waals surface area contributed by atoms with E-state index in [-0.39, 0.29) is 23.9 Å². The van der Waals surface area contributed by atoms with Crippen LogP contribution in [0.2, 0.25) is 0 Å². The molecule has 0 unspecified atom stereocenters. The lowest BCUT2D eigenvalue weighted by atomic mass is 10.3. The van der Waals surface area contributed by atoms with Gasteiger partial charge in [-0.05, 0) is 19.1 Å². The maximum absolute atomic E-state index is 13.5. The molecule has 0 atom stereocenters. The molecule has 0 saturated heterocycles. The van der Waals surface area contributed by atoms with Crippen LogP contribution in [0.1, 0.15) is 6.92 Å². The van der Waals surface area contributed by atoms with E-state index >= 15 is 0 Å². The van der Waals surface area contributed by atoms with Crippen LogP contribution in [0.25, 0.3) is 0 Å². The van der Waals surface area contributed by atoms with Gasteiger partial charge in [-0.3, -0.25) is 4.31 Å². The van der Waals surface area contributed by atoms with Crippen molar-refractivity contribution in [2.24, 2.45) is 0 Å². The third-order valence-corrected chi connectivity index (χ3v) is 4.34. The predicted molar refractivity (Wildman–Crippen MR) is 63.9 cm³/mol. The largest absolute Gasteiger partial charge is 0.268 e. The van der Waals surface area contributed by atoms with Gasteiger partial charge in [0.1, 0.15) is 5.82 Å². The summed E-state index contributed by atoms with van der Waals surface area (Å²) in [6, 6.07) is 5.77. The number of anilines is 1. The Hall–Kier alpha value is -0.810. The fourth-order valence-corrected chi connectivity index (χ4v) is 3.22. The Morgan fingerprint density at radius 3 is 2.50 bits per heavy atom. The topological polar surface area (TPSA) is 37.4 Å². The zero-order valence-electron chi connectivity index (χ0n) is 8.86. The molecule has 3 nitrogen and oxygen atoms in total. The van der Waals surface area contributed by atoms with Gasteiger partial charge in [0.25, 0.3) is 0 Å². The van der Waals surface area contributed by atoms with E-state index in [1.165, 1.54) is 18.2 Å². The van der Waals surface area contributed by atoms with Crippen LogP contribution < -0.4 is 4.31 Å². The highest BCUT2D eigenvalue weighted by Crippen LogP contribution is 2.21. The van der Waals surface area contributed by atoms with Crippen molar-refractivity contribution in [1.82, 2.24) is 0 Å². The van der Waals surface area contributed by atoms with Crippen LogP contribution in [0.3, 0.4) is 0 Å². The van der Waals surface area contributed by atoms with Crippen LogP contribution >= 0.6 is 11.6 Å². The van der Waals surface area contributed by atoms with E-state index in [0.717, 1.165) is 4.31 Å². The molecular weight excluding hydrogens is 253 g/mol. The Bertz CT molecular complexity index is 450. The molecule has 1 aromatic rings. The van der Waals surface area contributed by atoms with Crippen molar-refractivity contribution in [1.29, 1.82) is 0 Å². The zero-order valence-corrected chi connectivity index (χ0v) is 10.4. The molecule has 0 aliphatic carbocycles. The molecule has 90 valence electrons. The van der Waals surface area contributed by atoms with Crippen molar-refractivity contribution in [3.63, 3.8) is 0 Å². The second-order valence-electron chi connectivity index (χ2n) is 3.12. The molecule has 0 aliphatic rings. The van der Waals surface area contributed by atoms with Gasteiger partial charge >= 0.3 is 0 Å². The number of para-hydroxylation sites is 1. The lowest BCUT2D eigenvalue weighted by Crippen LogP contribution is -2.34. The molecule has 6 heteroatoms. The Labute approximate surface area is 99.9 Å². The monoisotopic (exact) mass is 265 g/mol. The first-order valence-electron chi connectivity index (χ1n) is 4.84. The van der Waals surface area contributed by atoms with Gasteiger partial charge in [0.05, 0.1) is 11.4 Å². The van der Waals surface area contributed by atoms with Crippen molar-refractivity contribution < 1.29 is 12.8 Å².